The van der Waals surface area contributed by atoms with Crippen molar-refractivity contribution in [1.82, 2.24) is 20.2 Å². The molecule has 1 aliphatic rings. The molecule has 2 aromatic carbocycles. The molecule has 9 nitrogen and oxygen atoms in total. The lowest BCUT2D eigenvalue weighted by Crippen LogP contribution is -2.51. The summed E-state index contributed by atoms with van der Waals surface area (Å²) in [6.07, 6.45) is -3.37. The van der Waals surface area contributed by atoms with Crippen molar-refractivity contribution in [3.05, 3.63) is 65.2 Å². The largest absolute Gasteiger partial charge is 0.475 e. The number of benzene rings is 2. The zero-order chi connectivity index (χ0) is 32.3. The molecule has 0 unspecified atom stereocenters. The standard InChI is InChI=1S/C31H38F3N5O4S/c1-6-7-14-35-19-39-23(17-30(4,5)31(32,33)34)18-43-26-16-25(27-20(2)10-8-11-21(27)3)36-29(37-26)38-44(41,42)24-13-9-12-22(15-24)28(39)40/h8-13,15-16,23,35H,6-7,14,17-19H2,1-5H3,(H,36,37,38)/t23-/m1/s1. The monoisotopic (exact) mass is 633 g/mol. The predicted octanol–water partition coefficient (Wildman–Crippen LogP) is 6.09. The van der Waals surface area contributed by atoms with Gasteiger partial charge in [-0.2, -0.15) is 18.2 Å². The molecule has 4 rings (SSSR count). The van der Waals surface area contributed by atoms with Crippen molar-refractivity contribution in [2.45, 2.75) is 71.0 Å². The van der Waals surface area contributed by atoms with Crippen molar-refractivity contribution in [2.75, 3.05) is 24.5 Å². The zero-order valence-electron chi connectivity index (χ0n) is 25.5. The first kappa shape index (κ1) is 33.2. The van der Waals surface area contributed by atoms with Crippen molar-refractivity contribution < 1.29 is 31.1 Å². The van der Waals surface area contributed by atoms with E-state index in [9.17, 15) is 26.4 Å². The molecule has 0 saturated heterocycles. The number of ether oxygens (including phenoxy) is 1. The van der Waals surface area contributed by atoms with Crippen LogP contribution in [0.4, 0.5) is 19.1 Å². The molecule has 2 heterocycles. The molecule has 44 heavy (non-hydrogen) atoms. The van der Waals surface area contributed by atoms with Gasteiger partial charge in [0, 0.05) is 17.2 Å². The van der Waals surface area contributed by atoms with E-state index in [1.54, 1.807) is 0 Å². The van der Waals surface area contributed by atoms with Crippen LogP contribution < -0.4 is 14.8 Å². The molecule has 2 N–H and O–H groups in total. The third kappa shape index (κ3) is 7.49. The first-order chi connectivity index (χ1) is 20.6. The molecule has 1 atom stereocenters. The van der Waals surface area contributed by atoms with Crippen molar-refractivity contribution in [1.29, 1.82) is 0 Å². The van der Waals surface area contributed by atoms with Crippen LogP contribution in [0.3, 0.4) is 0 Å². The third-order valence-electron chi connectivity index (χ3n) is 7.68. The van der Waals surface area contributed by atoms with E-state index < -0.39 is 40.0 Å². The van der Waals surface area contributed by atoms with Gasteiger partial charge in [-0.1, -0.05) is 51.5 Å². The lowest BCUT2D eigenvalue weighted by atomic mass is 9.84. The summed E-state index contributed by atoms with van der Waals surface area (Å²) in [4.78, 5) is 23.7. The Morgan fingerprint density at radius 3 is 2.41 bits per heavy atom. The number of anilines is 1. The Labute approximate surface area is 256 Å². The number of rotatable bonds is 8. The Kier molecular flexibility index (Phi) is 9.89. The molecule has 0 spiro atoms. The average molecular weight is 634 g/mol. The number of nitrogens with one attached hydrogen (secondary N) is 2. The molecule has 3 aromatic rings. The van der Waals surface area contributed by atoms with E-state index in [1.165, 1.54) is 35.2 Å². The number of hydrogen-bond acceptors (Lipinski definition) is 7. The summed E-state index contributed by atoms with van der Waals surface area (Å²) in [5.74, 6) is -0.963. The number of sulfonamides is 1. The molecule has 1 aromatic heterocycles. The minimum absolute atomic E-state index is 0.00285. The molecular formula is C31H38F3N5O4S. The van der Waals surface area contributed by atoms with Crippen LogP contribution in [-0.2, 0) is 10.0 Å². The second kappa shape index (κ2) is 13.1. The summed E-state index contributed by atoms with van der Waals surface area (Å²) in [5.41, 5.74) is 0.668. The molecule has 0 aliphatic carbocycles. The quantitative estimate of drug-likeness (QED) is 0.289. The van der Waals surface area contributed by atoms with Gasteiger partial charge in [-0.15, -0.1) is 0 Å². The number of fused-ring (bicyclic) bond motifs is 4. The highest BCUT2D eigenvalue weighted by atomic mass is 32.2. The Bertz CT molecular complexity index is 1590. The Hall–Kier alpha value is -3.71. The van der Waals surface area contributed by atoms with Gasteiger partial charge in [0.25, 0.3) is 15.9 Å². The molecule has 1 amide bonds. The third-order valence-corrected chi connectivity index (χ3v) is 9.01. The normalized spacial score (nSPS) is 17.1. The molecule has 0 fully saturated rings. The summed E-state index contributed by atoms with van der Waals surface area (Å²) in [6, 6.07) is 11.5. The van der Waals surface area contributed by atoms with E-state index in [0.29, 0.717) is 12.2 Å². The van der Waals surface area contributed by atoms with Crippen LogP contribution in [0.25, 0.3) is 11.3 Å². The first-order valence-electron chi connectivity index (χ1n) is 14.4. The summed E-state index contributed by atoms with van der Waals surface area (Å²) in [5, 5.41) is 3.15. The van der Waals surface area contributed by atoms with Gasteiger partial charge in [0.1, 0.15) is 6.61 Å². The highest BCUT2D eigenvalue weighted by Gasteiger charge is 2.49. The lowest BCUT2D eigenvalue weighted by molar-refractivity contribution is -0.217. The number of amides is 1. The van der Waals surface area contributed by atoms with Crippen LogP contribution in [0, 0.1) is 19.3 Å². The van der Waals surface area contributed by atoms with Crippen molar-refractivity contribution in [3.63, 3.8) is 0 Å². The van der Waals surface area contributed by atoms with Gasteiger partial charge in [-0.25, -0.2) is 18.1 Å². The van der Waals surface area contributed by atoms with E-state index >= 15 is 0 Å². The smallest absolute Gasteiger partial charge is 0.394 e. The van der Waals surface area contributed by atoms with E-state index in [2.05, 4.69) is 20.0 Å². The number of hydrogen-bond donors (Lipinski definition) is 2. The van der Waals surface area contributed by atoms with Crippen LogP contribution in [0.15, 0.2) is 53.4 Å². The van der Waals surface area contributed by atoms with E-state index in [-0.39, 0.29) is 35.6 Å². The molecule has 238 valence electrons. The SMILES string of the molecule is CCCCNCN1C(=O)c2cccc(c2)S(=O)(=O)Nc2nc(cc(-c3c(C)cccc3C)n2)OC[C@H]1CC(C)(C)C(F)(F)F. The van der Waals surface area contributed by atoms with Crippen LogP contribution in [0.5, 0.6) is 5.88 Å². The van der Waals surface area contributed by atoms with Gasteiger partial charge < -0.3 is 9.64 Å². The van der Waals surface area contributed by atoms with E-state index in [0.717, 1.165) is 43.4 Å². The lowest BCUT2D eigenvalue weighted by Gasteiger charge is -2.38. The fourth-order valence-electron chi connectivity index (χ4n) is 5.05. The number of unbranched alkanes of at least 4 members (excludes halogenated alkanes) is 1. The molecule has 1 aliphatic heterocycles. The number of aromatic nitrogens is 2. The van der Waals surface area contributed by atoms with Crippen LogP contribution in [0.2, 0.25) is 0 Å². The highest BCUT2D eigenvalue weighted by molar-refractivity contribution is 7.92. The summed E-state index contributed by atoms with van der Waals surface area (Å²) in [7, 11) is -4.27. The molecule has 0 radical (unpaired) electrons. The molecular weight excluding hydrogens is 595 g/mol. The van der Waals surface area contributed by atoms with Crippen molar-refractivity contribution in [3.8, 4) is 17.1 Å². The number of carbonyl (C=O) groups excluding carboxylic acids is 1. The topological polar surface area (TPSA) is 114 Å². The van der Waals surface area contributed by atoms with Gasteiger partial charge in [0.05, 0.1) is 28.7 Å². The van der Waals surface area contributed by atoms with Crippen LogP contribution in [0.1, 0.15) is 61.5 Å². The average Bonchev–Trinajstić information content (AvgIpc) is 2.94. The van der Waals surface area contributed by atoms with Crippen molar-refractivity contribution >= 4 is 21.9 Å². The van der Waals surface area contributed by atoms with Gasteiger partial charge in [0.15, 0.2) is 0 Å². The highest BCUT2D eigenvalue weighted by Crippen LogP contribution is 2.42. The molecule has 13 heteroatoms. The van der Waals surface area contributed by atoms with Crippen molar-refractivity contribution in [2.24, 2.45) is 5.41 Å². The molecule has 0 saturated carbocycles. The number of alkyl halides is 3. The first-order valence-corrected chi connectivity index (χ1v) is 15.9. The fraction of sp³-hybridized carbons (Fsp3) is 0.452. The van der Waals surface area contributed by atoms with Crippen LogP contribution >= 0.6 is 0 Å². The number of aryl methyl sites for hydroxylation is 2. The second-order valence-electron chi connectivity index (χ2n) is 11.7. The predicted molar refractivity (Wildman–Crippen MR) is 162 cm³/mol. The maximum Gasteiger partial charge on any atom is 0.394 e. The maximum absolute atomic E-state index is 14.2. The molecule has 4 bridgehead atoms. The minimum atomic E-state index is -4.56. The summed E-state index contributed by atoms with van der Waals surface area (Å²) >= 11 is 0. The van der Waals surface area contributed by atoms with E-state index in [1.807, 2.05) is 39.0 Å². The van der Waals surface area contributed by atoms with Gasteiger partial charge in [0.2, 0.25) is 11.8 Å². The van der Waals surface area contributed by atoms with Gasteiger partial charge >= 0.3 is 6.18 Å². The number of nitrogens with zero attached hydrogens (tertiary/aromatic N) is 3. The zero-order valence-corrected chi connectivity index (χ0v) is 26.3. The second-order valence-corrected chi connectivity index (χ2v) is 13.3. The van der Waals surface area contributed by atoms with Crippen LogP contribution in [-0.4, -0.2) is 61.2 Å². The Morgan fingerprint density at radius 1 is 1.07 bits per heavy atom. The maximum atomic E-state index is 14.2. The summed E-state index contributed by atoms with van der Waals surface area (Å²) in [6.45, 7) is 8.05. The van der Waals surface area contributed by atoms with Gasteiger partial charge in [-0.3, -0.25) is 10.1 Å². The number of carbonyl (C=O) groups is 1. The minimum Gasteiger partial charge on any atom is -0.475 e. The van der Waals surface area contributed by atoms with Gasteiger partial charge in [-0.05, 0) is 62.6 Å². The summed E-state index contributed by atoms with van der Waals surface area (Å²) < 4.78 is 77.8. The Morgan fingerprint density at radius 2 is 1.75 bits per heavy atom. The fourth-order valence-corrected chi connectivity index (χ4v) is 6.04. The number of halogens is 3. The van der Waals surface area contributed by atoms with E-state index in [4.69, 9.17) is 4.74 Å². The Balaban J connectivity index is 1.89.